The van der Waals surface area contributed by atoms with Gasteiger partial charge < -0.3 is 15.0 Å². The first kappa shape index (κ1) is 17.8. The van der Waals surface area contributed by atoms with Crippen molar-refractivity contribution < 1.29 is 9.53 Å². The highest BCUT2D eigenvalue weighted by atomic mass is 16.5. The van der Waals surface area contributed by atoms with Crippen molar-refractivity contribution in [1.29, 1.82) is 0 Å². The van der Waals surface area contributed by atoms with Crippen molar-refractivity contribution in [1.82, 2.24) is 10.2 Å². The first-order chi connectivity index (χ1) is 10.8. The van der Waals surface area contributed by atoms with Crippen LogP contribution in [0.4, 0.5) is 0 Å². The van der Waals surface area contributed by atoms with Crippen LogP contribution in [-0.4, -0.2) is 44.1 Å². The summed E-state index contributed by atoms with van der Waals surface area (Å²) in [5, 5.41) is 3.10. The van der Waals surface area contributed by atoms with Crippen LogP contribution in [0.2, 0.25) is 0 Å². The van der Waals surface area contributed by atoms with Gasteiger partial charge in [0.25, 0.3) is 0 Å². The number of nitrogens with one attached hydrogen (secondary N) is 1. The molecule has 0 radical (unpaired) electrons. The van der Waals surface area contributed by atoms with E-state index in [2.05, 4.69) is 36.2 Å². The largest absolute Gasteiger partial charge is 0.497 e. The molecule has 1 saturated carbocycles. The van der Waals surface area contributed by atoms with Crippen LogP contribution in [0.5, 0.6) is 5.75 Å². The Balaban J connectivity index is 1.95. The molecule has 1 fully saturated rings. The van der Waals surface area contributed by atoms with Crippen molar-refractivity contribution in [3.63, 3.8) is 0 Å². The first-order valence-electron chi connectivity index (χ1n) is 8.41. The predicted octanol–water partition coefficient (Wildman–Crippen LogP) is 3.04. The smallest absolute Gasteiger partial charge is 0.220 e. The van der Waals surface area contributed by atoms with Gasteiger partial charge in [-0.15, -0.1) is 0 Å². The Morgan fingerprint density at radius 1 is 1.30 bits per heavy atom. The second kappa shape index (κ2) is 7.35. The lowest BCUT2D eigenvalue weighted by Gasteiger charge is -2.32. The Kier molecular flexibility index (Phi) is 5.69. The molecule has 0 aliphatic heterocycles. The van der Waals surface area contributed by atoms with Gasteiger partial charge in [0, 0.05) is 18.5 Å². The summed E-state index contributed by atoms with van der Waals surface area (Å²) in [5.41, 5.74) is 1.21. The number of ether oxygens (including phenoxy) is 1. The summed E-state index contributed by atoms with van der Waals surface area (Å²) in [4.78, 5) is 14.5. The molecule has 0 aromatic heterocycles. The van der Waals surface area contributed by atoms with Crippen molar-refractivity contribution in [3.05, 3.63) is 29.8 Å². The number of carbonyl (C=O) groups is 1. The van der Waals surface area contributed by atoms with E-state index in [0.29, 0.717) is 24.8 Å². The zero-order chi connectivity index (χ0) is 17.0. The van der Waals surface area contributed by atoms with E-state index in [9.17, 15) is 4.79 Å². The molecule has 23 heavy (non-hydrogen) atoms. The Labute approximate surface area is 140 Å². The van der Waals surface area contributed by atoms with E-state index in [1.165, 1.54) is 18.4 Å². The lowest BCUT2D eigenvalue weighted by Crippen LogP contribution is -2.48. The van der Waals surface area contributed by atoms with Gasteiger partial charge in [-0.2, -0.15) is 0 Å². The molecule has 1 aliphatic rings. The van der Waals surface area contributed by atoms with Gasteiger partial charge in [0.1, 0.15) is 5.75 Å². The minimum Gasteiger partial charge on any atom is -0.497 e. The number of methoxy groups -OCH3 is 1. The fourth-order valence-electron chi connectivity index (χ4n) is 2.65. The summed E-state index contributed by atoms with van der Waals surface area (Å²) in [5.74, 6) is 1.98. The SMILES string of the molecule is COc1ccc(C(CC(=O)NCC(C)(C)N(C)C)C2CC2)cc1. The molecule has 0 heterocycles. The lowest BCUT2D eigenvalue weighted by molar-refractivity contribution is -0.122. The number of hydrogen-bond acceptors (Lipinski definition) is 3. The normalized spacial score (nSPS) is 16.3. The van der Waals surface area contributed by atoms with Crippen LogP contribution in [0.3, 0.4) is 0 Å². The van der Waals surface area contributed by atoms with Crippen LogP contribution in [-0.2, 0) is 4.79 Å². The fraction of sp³-hybridized carbons (Fsp3) is 0.632. The predicted molar refractivity (Wildman–Crippen MR) is 93.9 cm³/mol. The maximum absolute atomic E-state index is 12.4. The second-order valence-electron chi connectivity index (χ2n) is 7.40. The molecule has 1 aromatic rings. The monoisotopic (exact) mass is 318 g/mol. The zero-order valence-corrected chi connectivity index (χ0v) is 15.1. The van der Waals surface area contributed by atoms with Crippen molar-refractivity contribution in [2.24, 2.45) is 5.92 Å². The molecule has 1 amide bonds. The number of hydrogen-bond donors (Lipinski definition) is 1. The van der Waals surface area contributed by atoms with Crippen molar-refractivity contribution >= 4 is 5.91 Å². The highest BCUT2D eigenvalue weighted by molar-refractivity contribution is 5.77. The summed E-state index contributed by atoms with van der Waals surface area (Å²) in [6.07, 6.45) is 3.03. The van der Waals surface area contributed by atoms with Crippen LogP contribution in [0, 0.1) is 5.92 Å². The molecule has 128 valence electrons. The fourth-order valence-corrected chi connectivity index (χ4v) is 2.65. The van der Waals surface area contributed by atoms with E-state index in [1.54, 1.807) is 7.11 Å². The summed E-state index contributed by atoms with van der Waals surface area (Å²) >= 11 is 0. The van der Waals surface area contributed by atoms with Crippen LogP contribution in [0.1, 0.15) is 44.6 Å². The van der Waals surface area contributed by atoms with Gasteiger partial charge in [-0.25, -0.2) is 0 Å². The Hall–Kier alpha value is -1.55. The molecule has 1 N–H and O–H groups in total. The van der Waals surface area contributed by atoms with Crippen molar-refractivity contribution in [2.45, 2.75) is 44.6 Å². The minimum atomic E-state index is -0.0369. The van der Waals surface area contributed by atoms with Gasteiger partial charge in [-0.05, 0) is 70.3 Å². The van der Waals surface area contributed by atoms with E-state index in [1.807, 2.05) is 26.2 Å². The van der Waals surface area contributed by atoms with E-state index < -0.39 is 0 Å². The standard InChI is InChI=1S/C19H30N2O2/c1-19(2,21(3)4)13-20-18(22)12-17(14-6-7-14)15-8-10-16(23-5)11-9-15/h8-11,14,17H,6-7,12-13H2,1-5H3,(H,20,22). The van der Waals surface area contributed by atoms with Gasteiger partial charge in [-0.3, -0.25) is 4.79 Å². The number of rotatable bonds is 8. The molecular formula is C19H30N2O2. The number of amides is 1. The number of carbonyl (C=O) groups excluding carboxylic acids is 1. The molecule has 1 aliphatic carbocycles. The van der Waals surface area contributed by atoms with Gasteiger partial charge in [0.2, 0.25) is 5.91 Å². The second-order valence-corrected chi connectivity index (χ2v) is 7.40. The van der Waals surface area contributed by atoms with Crippen LogP contribution in [0.15, 0.2) is 24.3 Å². The molecular weight excluding hydrogens is 288 g/mol. The summed E-state index contributed by atoms with van der Waals surface area (Å²) in [6, 6.07) is 8.16. The third-order valence-corrected chi connectivity index (χ3v) is 5.07. The van der Waals surface area contributed by atoms with Crippen molar-refractivity contribution in [3.8, 4) is 5.75 Å². The third-order valence-electron chi connectivity index (χ3n) is 5.07. The van der Waals surface area contributed by atoms with Gasteiger partial charge >= 0.3 is 0 Å². The van der Waals surface area contributed by atoms with E-state index in [-0.39, 0.29) is 11.4 Å². The Morgan fingerprint density at radius 2 is 1.91 bits per heavy atom. The topological polar surface area (TPSA) is 41.6 Å². The average Bonchev–Trinajstić information content (AvgIpc) is 3.35. The number of benzene rings is 1. The molecule has 0 bridgehead atoms. The van der Waals surface area contributed by atoms with Gasteiger partial charge in [-0.1, -0.05) is 12.1 Å². The molecule has 4 heteroatoms. The molecule has 1 aromatic carbocycles. The first-order valence-corrected chi connectivity index (χ1v) is 8.41. The molecule has 0 spiro atoms. The average molecular weight is 318 g/mol. The Bertz CT molecular complexity index is 519. The van der Waals surface area contributed by atoms with E-state index in [0.717, 1.165) is 5.75 Å². The quantitative estimate of drug-likeness (QED) is 0.801. The highest BCUT2D eigenvalue weighted by Gasteiger charge is 2.34. The molecule has 1 atom stereocenters. The third kappa shape index (κ3) is 4.96. The Morgan fingerprint density at radius 3 is 2.39 bits per heavy atom. The summed E-state index contributed by atoms with van der Waals surface area (Å²) in [7, 11) is 5.75. The highest BCUT2D eigenvalue weighted by Crippen LogP contribution is 2.44. The van der Waals surface area contributed by atoms with Gasteiger partial charge in [0.15, 0.2) is 0 Å². The molecule has 4 nitrogen and oxygen atoms in total. The maximum atomic E-state index is 12.4. The zero-order valence-electron chi connectivity index (χ0n) is 15.1. The van der Waals surface area contributed by atoms with Crippen LogP contribution in [0.25, 0.3) is 0 Å². The molecule has 0 saturated heterocycles. The molecule has 2 rings (SSSR count). The number of nitrogens with zero attached hydrogens (tertiary/aromatic N) is 1. The maximum Gasteiger partial charge on any atom is 0.220 e. The molecule has 1 unspecified atom stereocenters. The number of likely N-dealkylation sites (N-methyl/N-ethyl adjacent to an activating group) is 1. The summed E-state index contributed by atoms with van der Waals surface area (Å²) in [6.45, 7) is 4.93. The lowest BCUT2D eigenvalue weighted by atomic mass is 9.90. The van der Waals surface area contributed by atoms with E-state index >= 15 is 0 Å². The van der Waals surface area contributed by atoms with Crippen molar-refractivity contribution in [2.75, 3.05) is 27.7 Å². The van der Waals surface area contributed by atoms with E-state index in [4.69, 9.17) is 4.74 Å². The summed E-state index contributed by atoms with van der Waals surface area (Å²) < 4.78 is 5.22. The van der Waals surface area contributed by atoms with Crippen LogP contribution >= 0.6 is 0 Å². The van der Waals surface area contributed by atoms with Crippen LogP contribution < -0.4 is 10.1 Å². The minimum absolute atomic E-state index is 0.0369. The van der Waals surface area contributed by atoms with Gasteiger partial charge in [0.05, 0.1) is 7.11 Å².